The van der Waals surface area contributed by atoms with Crippen molar-refractivity contribution in [1.29, 1.82) is 0 Å². The molecule has 2 heteroatoms. The molecule has 0 unspecified atom stereocenters. The highest BCUT2D eigenvalue weighted by molar-refractivity contribution is 5.89. The van der Waals surface area contributed by atoms with Crippen LogP contribution in [0.2, 0.25) is 0 Å². The lowest BCUT2D eigenvalue weighted by Gasteiger charge is -2.14. The van der Waals surface area contributed by atoms with Crippen LogP contribution in [-0.2, 0) is 4.74 Å². The van der Waals surface area contributed by atoms with Gasteiger partial charge in [-0.3, -0.25) is 0 Å². The molecule has 1 aromatic rings. The van der Waals surface area contributed by atoms with Gasteiger partial charge in [0.1, 0.15) is 0 Å². The van der Waals surface area contributed by atoms with E-state index >= 15 is 0 Å². The van der Waals surface area contributed by atoms with Gasteiger partial charge in [0.25, 0.3) is 0 Å². The summed E-state index contributed by atoms with van der Waals surface area (Å²) in [7, 11) is 0. The fraction of sp³-hybridized carbons (Fsp3) is 0.400. The molecule has 0 N–H and O–H groups in total. The molecule has 2 nitrogen and oxygen atoms in total. The summed E-state index contributed by atoms with van der Waals surface area (Å²) < 4.78 is 5.31. The van der Waals surface area contributed by atoms with Crippen molar-refractivity contribution in [3.8, 4) is 0 Å². The van der Waals surface area contributed by atoms with Crippen LogP contribution in [0.5, 0.6) is 0 Å². The summed E-state index contributed by atoms with van der Waals surface area (Å²) in [5.74, 6) is 0.154. The normalized spacial score (nSPS) is 11.8. The van der Waals surface area contributed by atoms with E-state index in [9.17, 15) is 4.79 Å². The first kappa shape index (κ1) is 13.5. The van der Waals surface area contributed by atoms with Gasteiger partial charge in [0, 0.05) is 0 Å². The molecule has 0 spiro atoms. The van der Waals surface area contributed by atoms with E-state index in [1.807, 2.05) is 24.3 Å². The average Bonchev–Trinajstić information content (AvgIpc) is 2.37. The highest BCUT2D eigenvalue weighted by Crippen LogP contribution is 2.13. The maximum atomic E-state index is 11.7. The molecule has 0 saturated heterocycles. The van der Waals surface area contributed by atoms with Crippen molar-refractivity contribution in [2.24, 2.45) is 5.92 Å². The minimum absolute atomic E-state index is 0.240. The summed E-state index contributed by atoms with van der Waals surface area (Å²) in [6.07, 6.45) is 4.95. The Morgan fingerprint density at radius 3 is 2.71 bits per heavy atom. The van der Waals surface area contributed by atoms with Crippen LogP contribution in [0.15, 0.2) is 43.0 Å². The summed E-state index contributed by atoms with van der Waals surface area (Å²) in [6, 6.07) is 9.09. The van der Waals surface area contributed by atoms with E-state index in [2.05, 4.69) is 13.5 Å². The fourth-order valence-corrected chi connectivity index (χ4v) is 1.76. The third kappa shape index (κ3) is 4.85. The molecule has 0 radical (unpaired) electrons. The van der Waals surface area contributed by atoms with E-state index in [0.717, 1.165) is 19.3 Å². The quantitative estimate of drug-likeness (QED) is 0.527. The van der Waals surface area contributed by atoms with Crippen molar-refractivity contribution in [3.63, 3.8) is 0 Å². The van der Waals surface area contributed by atoms with Crippen molar-refractivity contribution >= 4 is 5.97 Å². The number of esters is 1. The van der Waals surface area contributed by atoms with Gasteiger partial charge < -0.3 is 4.74 Å². The third-order valence-electron chi connectivity index (χ3n) is 2.66. The molecule has 1 rings (SSSR count). The Labute approximate surface area is 103 Å². The Balaban J connectivity index is 2.43. The molecule has 0 amide bonds. The lowest BCUT2D eigenvalue weighted by Crippen LogP contribution is -2.14. The van der Waals surface area contributed by atoms with Crippen LogP contribution < -0.4 is 0 Å². The second-order valence-electron chi connectivity index (χ2n) is 4.14. The zero-order valence-electron chi connectivity index (χ0n) is 10.4. The number of ether oxygens (including phenoxy) is 1. The Kier molecular flexibility index (Phi) is 6.08. The first-order valence-electron chi connectivity index (χ1n) is 6.11. The molecule has 0 saturated carbocycles. The summed E-state index contributed by atoms with van der Waals surface area (Å²) in [6.45, 7) is 6.34. The van der Waals surface area contributed by atoms with Gasteiger partial charge in [-0.15, -0.1) is 6.58 Å². The molecule has 0 aromatic heterocycles. The number of hydrogen-bond acceptors (Lipinski definition) is 2. The van der Waals surface area contributed by atoms with E-state index in [1.165, 1.54) is 0 Å². The number of carbonyl (C=O) groups is 1. The highest BCUT2D eigenvalue weighted by Gasteiger charge is 2.11. The number of benzene rings is 1. The zero-order chi connectivity index (χ0) is 12.5. The van der Waals surface area contributed by atoms with Crippen LogP contribution in [0.4, 0.5) is 0 Å². The molecular weight excluding hydrogens is 212 g/mol. The first-order valence-corrected chi connectivity index (χ1v) is 6.11. The van der Waals surface area contributed by atoms with Crippen molar-refractivity contribution in [2.45, 2.75) is 26.2 Å². The van der Waals surface area contributed by atoms with E-state index in [1.54, 1.807) is 12.1 Å². The Morgan fingerprint density at radius 2 is 2.12 bits per heavy atom. The summed E-state index contributed by atoms with van der Waals surface area (Å²) in [4.78, 5) is 11.7. The molecule has 0 aliphatic heterocycles. The molecule has 1 atom stereocenters. The minimum atomic E-state index is -0.240. The van der Waals surface area contributed by atoms with Gasteiger partial charge >= 0.3 is 5.97 Å². The van der Waals surface area contributed by atoms with Crippen molar-refractivity contribution in [1.82, 2.24) is 0 Å². The van der Waals surface area contributed by atoms with E-state index < -0.39 is 0 Å². The monoisotopic (exact) mass is 232 g/mol. The number of hydrogen-bond donors (Lipinski definition) is 0. The average molecular weight is 232 g/mol. The van der Waals surface area contributed by atoms with Gasteiger partial charge in [-0.25, -0.2) is 4.79 Å². The third-order valence-corrected chi connectivity index (χ3v) is 2.66. The Morgan fingerprint density at radius 1 is 1.41 bits per heavy atom. The number of allylic oxidation sites excluding steroid dienone is 1. The van der Waals surface area contributed by atoms with Crippen LogP contribution in [0.1, 0.15) is 36.5 Å². The maximum absolute atomic E-state index is 11.7. The van der Waals surface area contributed by atoms with Gasteiger partial charge in [0.15, 0.2) is 0 Å². The van der Waals surface area contributed by atoms with Gasteiger partial charge in [-0.1, -0.05) is 37.6 Å². The van der Waals surface area contributed by atoms with Gasteiger partial charge in [0.05, 0.1) is 12.2 Å². The van der Waals surface area contributed by atoms with Crippen molar-refractivity contribution in [3.05, 3.63) is 48.6 Å². The van der Waals surface area contributed by atoms with E-state index in [-0.39, 0.29) is 5.97 Å². The molecule has 0 fully saturated rings. The van der Waals surface area contributed by atoms with Crippen molar-refractivity contribution in [2.75, 3.05) is 6.61 Å². The predicted molar refractivity (Wildman–Crippen MR) is 69.9 cm³/mol. The molecule has 1 aromatic carbocycles. The lowest BCUT2D eigenvalue weighted by atomic mass is 10.0. The molecule has 17 heavy (non-hydrogen) atoms. The topological polar surface area (TPSA) is 26.3 Å². The smallest absolute Gasteiger partial charge is 0.338 e. The number of carbonyl (C=O) groups excluding carboxylic acids is 1. The fourth-order valence-electron chi connectivity index (χ4n) is 1.76. The van der Waals surface area contributed by atoms with Crippen LogP contribution in [-0.4, -0.2) is 12.6 Å². The SMILES string of the molecule is C=CC[C@@H](CCC)COC(=O)c1ccccc1. The first-order chi connectivity index (χ1) is 8.27. The standard InChI is InChI=1S/C15H20O2/c1-3-8-13(9-4-2)12-17-15(16)14-10-6-5-7-11-14/h3,5-7,10-11,13H,1,4,8-9,12H2,2H3/t13-/m0/s1. The molecule has 0 aliphatic carbocycles. The van der Waals surface area contributed by atoms with Crippen LogP contribution in [0.25, 0.3) is 0 Å². The lowest BCUT2D eigenvalue weighted by molar-refractivity contribution is 0.0433. The predicted octanol–water partition coefficient (Wildman–Crippen LogP) is 3.84. The molecule has 0 aliphatic rings. The van der Waals surface area contributed by atoms with E-state index in [0.29, 0.717) is 18.1 Å². The Bertz CT molecular complexity index is 343. The maximum Gasteiger partial charge on any atom is 0.338 e. The second kappa shape index (κ2) is 7.66. The van der Waals surface area contributed by atoms with Crippen LogP contribution >= 0.6 is 0 Å². The summed E-state index contributed by atoms with van der Waals surface area (Å²) in [5, 5.41) is 0. The summed E-state index contributed by atoms with van der Waals surface area (Å²) >= 11 is 0. The minimum Gasteiger partial charge on any atom is -0.462 e. The molecule has 92 valence electrons. The van der Waals surface area contributed by atoms with E-state index in [4.69, 9.17) is 4.74 Å². The zero-order valence-corrected chi connectivity index (χ0v) is 10.4. The second-order valence-corrected chi connectivity index (χ2v) is 4.14. The van der Waals surface area contributed by atoms with Crippen LogP contribution in [0.3, 0.4) is 0 Å². The molecule has 0 heterocycles. The van der Waals surface area contributed by atoms with Crippen LogP contribution in [0, 0.1) is 5.92 Å². The van der Waals surface area contributed by atoms with Crippen molar-refractivity contribution < 1.29 is 9.53 Å². The van der Waals surface area contributed by atoms with Gasteiger partial charge in [-0.05, 0) is 30.9 Å². The molecule has 0 bridgehead atoms. The Hall–Kier alpha value is -1.57. The molecular formula is C15H20O2. The number of rotatable bonds is 7. The largest absolute Gasteiger partial charge is 0.462 e. The highest BCUT2D eigenvalue weighted by atomic mass is 16.5. The van der Waals surface area contributed by atoms with Gasteiger partial charge in [-0.2, -0.15) is 0 Å². The van der Waals surface area contributed by atoms with Gasteiger partial charge in [0.2, 0.25) is 0 Å². The summed E-state index contributed by atoms with van der Waals surface area (Å²) in [5.41, 5.74) is 0.612.